The number of phenols is 1. The second-order valence-electron chi connectivity index (χ2n) is 3.11. The van der Waals surface area contributed by atoms with E-state index in [9.17, 15) is 5.11 Å². The van der Waals surface area contributed by atoms with Crippen molar-refractivity contribution in [3.63, 3.8) is 0 Å². The van der Waals surface area contributed by atoms with Gasteiger partial charge >= 0.3 is 0 Å². The highest BCUT2D eigenvalue weighted by Gasteiger charge is 2.11. The molecule has 0 atom stereocenters. The van der Waals surface area contributed by atoms with Crippen molar-refractivity contribution in [2.24, 2.45) is 0 Å². The van der Waals surface area contributed by atoms with Gasteiger partial charge in [0.05, 0.1) is 13.7 Å². The quantitative estimate of drug-likeness (QED) is 0.775. The molecule has 0 unspecified atom stereocenters. The van der Waals surface area contributed by atoms with Crippen LogP contribution in [0.1, 0.15) is 12.5 Å². The van der Waals surface area contributed by atoms with Gasteiger partial charge in [-0.05, 0) is 31.7 Å². The predicted octanol–water partition coefficient (Wildman–Crippen LogP) is 1.52. The first-order valence-electron chi connectivity index (χ1n) is 4.90. The van der Waals surface area contributed by atoms with E-state index in [1.54, 1.807) is 6.07 Å². The Bertz CT molecular complexity index is 326. The van der Waals surface area contributed by atoms with Gasteiger partial charge in [-0.25, -0.2) is 0 Å². The third kappa shape index (κ3) is 2.76. The maximum atomic E-state index is 9.69. The van der Waals surface area contributed by atoms with Crippen LogP contribution in [0.2, 0.25) is 0 Å². The topological polar surface area (TPSA) is 50.7 Å². The zero-order chi connectivity index (χ0) is 11.3. The van der Waals surface area contributed by atoms with Crippen molar-refractivity contribution in [1.29, 1.82) is 0 Å². The first-order chi connectivity index (χ1) is 7.22. The van der Waals surface area contributed by atoms with Gasteiger partial charge in [0.2, 0.25) is 5.75 Å². The van der Waals surface area contributed by atoms with Gasteiger partial charge in [-0.3, -0.25) is 0 Å². The molecule has 4 nitrogen and oxygen atoms in total. The van der Waals surface area contributed by atoms with Gasteiger partial charge in [-0.1, -0.05) is 0 Å². The molecule has 1 aromatic carbocycles. The molecule has 0 heterocycles. The molecule has 1 rings (SSSR count). The maximum absolute atomic E-state index is 9.69. The standard InChI is InChI=1S/C11H17NO3/c1-4-15-10-6-8(7-12-2)5-9(13)11(10)14-3/h5-6,12-13H,4,7H2,1-3H3. The Hall–Kier alpha value is -1.42. The Morgan fingerprint density at radius 1 is 1.40 bits per heavy atom. The summed E-state index contributed by atoms with van der Waals surface area (Å²) >= 11 is 0. The molecule has 0 aromatic heterocycles. The van der Waals surface area contributed by atoms with E-state index in [2.05, 4.69) is 5.32 Å². The lowest BCUT2D eigenvalue weighted by atomic mass is 10.2. The van der Waals surface area contributed by atoms with Crippen molar-refractivity contribution >= 4 is 0 Å². The minimum absolute atomic E-state index is 0.105. The van der Waals surface area contributed by atoms with Crippen molar-refractivity contribution in [3.05, 3.63) is 17.7 Å². The highest BCUT2D eigenvalue weighted by atomic mass is 16.5. The van der Waals surface area contributed by atoms with Gasteiger partial charge < -0.3 is 19.9 Å². The minimum Gasteiger partial charge on any atom is -0.504 e. The van der Waals surface area contributed by atoms with E-state index in [0.717, 1.165) is 5.56 Å². The van der Waals surface area contributed by atoms with Crippen LogP contribution in [0.5, 0.6) is 17.2 Å². The molecule has 15 heavy (non-hydrogen) atoms. The molecule has 0 aliphatic heterocycles. The van der Waals surface area contributed by atoms with Crippen molar-refractivity contribution in [2.45, 2.75) is 13.5 Å². The molecule has 0 saturated carbocycles. The van der Waals surface area contributed by atoms with Gasteiger partial charge in [-0.2, -0.15) is 0 Å². The fraction of sp³-hybridized carbons (Fsp3) is 0.455. The van der Waals surface area contributed by atoms with Crippen molar-refractivity contribution < 1.29 is 14.6 Å². The second-order valence-corrected chi connectivity index (χ2v) is 3.11. The number of ether oxygens (including phenoxy) is 2. The fourth-order valence-electron chi connectivity index (χ4n) is 1.42. The average Bonchev–Trinajstić information content (AvgIpc) is 2.18. The molecule has 0 aliphatic rings. The molecule has 0 fully saturated rings. The Labute approximate surface area is 89.8 Å². The summed E-state index contributed by atoms with van der Waals surface area (Å²) in [6.07, 6.45) is 0. The van der Waals surface area contributed by atoms with Crippen LogP contribution in [0.4, 0.5) is 0 Å². The van der Waals surface area contributed by atoms with Crippen molar-refractivity contribution in [1.82, 2.24) is 5.32 Å². The average molecular weight is 211 g/mol. The van der Waals surface area contributed by atoms with Gasteiger partial charge in [0.15, 0.2) is 11.5 Å². The molecule has 2 N–H and O–H groups in total. The van der Waals surface area contributed by atoms with Crippen LogP contribution in [0.15, 0.2) is 12.1 Å². The van der Waals surface area contributed by atoms with E-state index in [0.29, 0.717) is 24.7 Å². The van der Waals surface area contributed by atoms with Crippen LogP contribution in [0, 0.1) is 0 Å². The zero-order valence-electron chi connectivity index (χ0n) is 9.33. The number of hydrogen-bond donors (Lipinski definition) is 2. The lowest BCUT2D eigenvalue weighted by molar-refractivity contribution is 0.300. The number of rotatable bonds is 5. The summed E-state index contributed by atoms with van der Waals surface area (Å²) in [4.78, 5) is 0. The van der Waals surface area contributed by atoms with Crippen LogP contribution in [-0.2, 0) is 6.54 Å². The molecular weight excluding hydrogens is 194 g/mol. The molecule has 0 aliphatic carbocycles. The maximum Gasteiger partial charge on any atom is 0.203 e. The van der Waals surface area contributed by atoms with Crippen LogP contribution in [0.25, 0.3) is 0 Å². The molecule has 0 bridgehead atoms. The van der Waals surface area contributed by atoms with E-state index in [1.165, 1.54) is 7.11 Å². The van der Waals surface area contributed by atoms with E-state index < -0.39 is 0 Å². The van der Waals surface area contributed by atoms with Gasteiger partial charge in [0, 0.05) is 6.54 Å². The van der Waals surface area contributed by atoms with Crippen LogP contribution >= 0.6 is 0 Å². The summed E-state index contributed by atoms with van der Waals surface area (Å²) in [5.74, 6) is 1.07. The highest BCUT2D eigenvalue weighted by molar-refractivity contribution is 5.53. The normalized spacial score (nSPS) is 10.1. The smallest absolute Gasteiger partial charge is 0.203 e. The van der Waals surface area contributed by atoms with E-state index >= 15 is 0 Å². The summed E-state index contributed by atoms with van der Waals surface area (Å²) < 4.78 is 10.4. The third-order valence-corrected chi connectivity index (χ3v) is 1.98. The van der Waals surface area contributed by atoms with Crippen LogP contribution < -0.4 is 14.8 Å². The first-order valence-corrected chi connectivity index (χ1v) is 4.90. The zero-order valence-corrected chi connectivity index (χ0v) is 9.33. The molecule has 0 saturated heterocycles. The fourth-order valence-corrected chi connectivity index (χ4v) is 1.42. The molecular formula is C11H17NO3. The number of phenolic OH excluding ortho intramolecular Hbond substituents is 1. The number of aromatic hydroxyl groups is 1. The molecule has 0 radical (unpaired) electrons. The van der Waals surface area contributed by atoms with Gasteiger partial charge in [0.1, 0.15) is 0 Å². The van der Waals surface area contributed by atoms with Crippen LogP contribution in [0.3, 0.4) is 0 Å². The van der Waals surface area contributed by atoms with E-state index in [1.807, 2.05) is 20.0 Å². The van der Waals surface area contributed by atoms with Crippen molar-refractivity contribution in [3.8, 4) is 17.2 Å². The Kier molecular flexibility index (Phi) is 4.24. The molecule has 84 valence electrons. The number of nitrogens with one attached hydrogen (secondary N) is 1. The lowest BCUT2D eigenvalue weighted by Crippen LogP contribution is -2.06. The second kappa shape index (κ2) is 5.46. The Morgan fingerprint density at radius 2 is 2.13 bits per heavy atom. The first kappa shape index (κ1) is 11.7. The largest absolute Gasteiger partial charge is 0.504 e. The summed E-state index contributed by atoms with van der Waals surface area (Å²) in [5, 5.41) is 12.7. The van der Waals surface area contributed by atoms with E-state index in [-0.39, 0.29) is 5.75 Å². The number of methoxy groups -OCH3 is 1. The summed E-state index contributed by atoms with van der Waals surface area (Å²) in [6.45, 7) is 3.11. The molecule has 0 spiro atoms. The number of hydrogen-bond acceptors (Lipinski definition) is 4. The summed E-state index contributed by atoms with van der Waals surface area (Å²) in [7, 11) is 3.36. The summed E-state index contributed by atoms with van der Waals surface area (Å²) in [6, 6.07) is 3.52. The predicted molar refractivity (Wildman–Crippen MR) is 58.6 cm³/mol. The van der Waals surface area contributed by atoms with Gasteiger partial charge in [-0.15, -0.1) is 0 Å². The Balaban J connectivity index is 3.07. The Morgan fingerprint density at radius 3 is 2.67 bits per heavy atom. The number of benzene rings is 1. The molecule has 4 heteroatoms. The third-order valence-electron chi connectivity index (χ3n) is 1.98. The van der Waals surface area contributed by atoms with E-state index in [4.69, 9.17) is 9.47 Å². The SMILES string of the molecule is CCOc1cc(CNC)cc(O)c1OC. The minimum atomic E-state index is 0.105. The summed E-state index contributed by atoms with van der Waals surface area (Å²) in [5.41, 5.74) is 0.958. The van der Waals surface area contributed by atoms with Crippen LogP contribution in [-0.4, -0.2) is 25.9 Å². The lowest BCUT2D eigenvalue weighted by Gasteiger charge is -2.12. The molecule has 0 amide bonds. The van der Waals surface area contributed by atoms with Crippen molar-refractivity contribution in [2.75, 3.05) is 20.8 Å². The monoisotopic (exact) mass is 211 g/mol. The highest BCUT2D eigenvalue weighted by Crippen LogP contribution is 2.37. The van der Waals surface area contributed by atoms with Gasteiger partial charge in [0.25, 0.3) is 0 Å². The molecule has 1 aromatic rings.